The summed E-state index contributed by atoms with van der Waals surface area (Å²) in [7, 11) is -3.94. The van der Waals surface area contributed by atoms with E-state index in [4.69, 9.17) is 0 Å². The van der Waals surface area contributed by atoms with Crippen molar-refractivity contribution in [3.8, 4) is 0 Å². The van der Waals surface area contributed by atoms with E-state index in [1.54, 1.807) is 6.92 Å². The van der Waals surface area contributed by atoms with E-state index < -0.39 is 26.4 Å². The van der Waals surface area contributed by atoms with Crippen LogP contribution in [-0.4, -0.2) is 21.0 Å². The first kappa shape index (κ1) is 13.8. The van der Waals surface area contributed by atoms with E-state index in [9.17, 15) is 22.0 Å². The Kier molecular flexibility index (Phi) is 3.98. The fraction of sp³-hybridized carbons (Fsp3) is 0.364. The maximum absolute atomic E-state index is 13.5. The van der Waals surface area contributed by atoms with Gasteiger partial charge in [-0.15, -0.1) is 0 Å². The van der Waals surface area contributed by atoms with Crippen LogP contribution >= 0.6 is 0 Å². The molecule has 6 heteroatoms. The van der Waals surface area contributed by atoms with E-state index in [2.05, 4.69) is 0 Å². The molecule has 94 valence electrons. The van der Waals surface area contributed by atoms with Crippen molar-refractivity contribution in [3.63, 3.8) is 0 Å². The van der Waals surface area contributed by atoms with Gasteiger partial charge in [-0.25, -0.2) is 17.2 Å². The molecule has 0 fully saturated rings. The Morgan fingerprint density at radius 3 is 2.12 bits per heavy atom. The second-order valence-corrected chi connectivity index (χ2v) is 5.84. The Morgan fingerprint density at radius 2 is 1.76 bits per heavy atom. The number of benzene rings is 1. The predicted molar refractivity (Wildman–Crippen MR) is 58.6 cm³/mol. The van der Waals surface area contributed by atoms with Crippen LogP contribution in [0.15, 0.2) is 17.0 Å². The number of carbonyl (C=O) groups excluding carboxylic acids is 1. The van der Waals surface area contributed by atoms with Crippen molar-refractivity contribution < 1.29 is 22.0 Å². The van der Waals surface area contributed by atoms with Crippen molar-refractivity contribution in [1.82, 2.24) is 0 Å². The van der Waals surface area contributed by atoms with Gasteiger partial charge in [-0.3, -0.25) is 0 Å². The zero-order chi connectivity index (χ0) is 13.2. The molecule has 0 aromatic heterocycles. The lowest BCUT2D eigenvalue weighted by Gasteiger charge is -2.11. The number of sulfone groups is 1. The van der Waals surface area contributed by atoms with Crippen LogP contribution in [0.4, 0.5) is 8.78 Å². The molecule has 1 aromatic rings. The Bertz CT molecular complexity index is 515. The molecule has 0 amide bonds. The van der Waals surface area contributed by atoms with Crippen LogP contribution in [-0.2, 0) is 14.6 Å². The van der Waals surface area contributed by atoms with E-state index in [-0.39, 0.29) is 17.9 Å². The van der Waals surface area contributed by atoms with Gasteiger partial charge in [-0.05, 0) is 23.6 Å². The molecule has 0 saturated carbocycles. The van der Waals surface area contributed by atoms with E-state index in [0.717, 1.165) is 18.4 Å². The summed E-state index contributed by atoms with van der Waals surface area (Å²) in [5.74, 6) is -2.61. The van der Waals surface area contributed by atoms with Crippen LogP contribution in [0.5, 0.6) is 0 Å². The van der Waals surface area contributed by atoms with Crippen LogP contribution < -0.4 is 0 Å². The summed E-state index contributed by atoms with van der Waals surface area (Å²) in [4.78, 5) is 9.37. The quantitative estimate of drug-likeness (QED) is 0.780. The highest BCUT2D eigenvalue weighted by Crippen LogP contribution is 2.25. The molecule has 1 unspecified atom stereocenters. The standard InChI is InChI=1S/C11H12F2O3S/c1-7(3-4-14)8-5-9(12)11(10(13)6-8)17(2,15)16/h4-7H,3H2,1-2H3. The molecule has 0 N–H and O–H groups in total. The summed E-state index contributed by atoms with van der Waals surface area (Å²) in [6, 6.07) is 1.90. The molecule has 0 heterocycles. The maximum atomic E-state index is 13.5. The Morgan fingerprint density at radius 1 is 1.29 bits per heavy atom. The monoisotopic (exact) mass is 262 g/mol. The topological polar surface area (TPSA) is 51.2 Å². The number of carbonyl (C=O) groups is 1. The maximum Gasteiger partial charge on any atom is 0.181 e. The third-order valence-electron chi connectivity index (χ3n) is 2.41. The van der Waals surface area contributed by atoms with Gasteiger partial charge in [0.25, 0.3) is 0 Å². The Hall–Kier alpha value is -1.30. The minimum Gasteiger partial charge on any atom is -0.303 e. The van der Waals surface area contributed by atoms with Crippen molar-refractivity contribution in [2.45, 2.75) is 24.2 Å². The lowest BCUT2D eigenvalue weighted by atomic mass is 9.98. The zero-order valence-corrected chi connectivity index (χ0v) is 10.2. The number of rotatable bonds is 4. The summed E-state index contributed by atoms with van der Waals surface area (Å²) in [5, 5.41) is 0. The highest BCUT2D eigenvalue weighted by molar-refractivity contribution is 7.90. The van der Waals surface area contributed by atoms with E-state index in [0.29, 0.717) is 6.29 Å². The summed E-state index contributed by atoms with van der Waals surface area (Å²) < 4.78 is 49.3. The first-order valence-corrected chi connectivity index (χ1v) is 6.79. The van der Waals surface area contributed by atoms with E-state index in [1.165, 1.54) is 0 Å². The molecule has 0 radical (unpaired) electrons. The minimum atomic E-state index is -3.94. The molecular weight excluding hydrogens is 250 g/mol. The number of hydrogen-bond donors (Lipinski definition) is 0. The Labute approximate surface area is 98.4 Å². The van der Waals surface area contributed by atoms with Crippen LogP contribution in [0.2, 0.25) is 0 Å². The first-order valence-electron chi connectivity index (χ1n) is 4.90. The van der Waals surface area contributed by atoms with Gasteiger partial charge in [0.1, 0.15) is 22.8 Å². The van der Waals surface area contributed by atoms with Gasteiger partial charge in [0.15, 0.2) is 9.84 Å². The third-order valence-corrected chi connectivity index (χ3v) is 3.54. The van der Waals surface area contributed by atoms with Gasteiger partial charge in [0.2, 0.25) is 0 Å². The van der Waals surface area contributed by atoms with Crippen LogP contribution in [0, 0.1) is 11.6 Å². The molecular formula is C11H12F2O3S. The first-order chi connectivity index (χ1) is 7.77. The van der Waals surface area contributed by atoms with Gasteiger partial charge < -0.3 is 4.79 Å². The van der Waals surface area contributed by atoms with Gasteiger partial charge in [0, 0.05) is 12.7 Å². The van der Waals surface area contributed by atoms with Gasteiger partial charge >= 0.3 is 0 Å². The molecule has 17 heavy (non-hydrogen) atoms. The van der Waals surface area contributed by atoms with Crippen LogP contribution in [0.1, 0.15) is 24.8 Å². The Balaban J connectivity index is 3.33. The van der Waals surface area contributed by atoms with E-state index >= 15 is 0 Å². The van der Waals surface area contributed by atoms with Gasteiger partial charge in [-0.1, -0.05) is 6.92 Å². The van der Waals surface area contributed by atoms with Gasteiger partial charge in [-0.2, -0.15) is 0 Å². The highest BCUT2D eigenvalue weighted by Gasteiger charge is 2.21. The molecule has 0 aliphatic heterocycles. The summed E-state index contributed by atoms with van der Waals surface area (Å²) in [6.45, 7) is 1.63. The molecule has 1 aromatic carbocycles. The minimum absolute atomic E-state index is 0.122. The summed E-state index contributed by atoms with van der Waals surface area (Å²) >= 11 is 0. The number of hydrogen-bond acceptors (Lipinski definition) is 3. The van der Waals surface area contributed by atoms with Crippen LogP contribution in [0.3, 0.4) is 0 Å². The number of aldehydes is 1. The van der Waals surface area contributed by atoms with Crippen molar-refractivity contribution in [2.24, 2.45) is 0 Å². The highest BCUT2D eigenvalue weighted by atomic mass is 32.2. The van der Waals surface area contributed by atoms with Gasteiger partial charge in [0.05, 0.1) is 0 Å². The van der Waals surface area contributed by atoms with Crippen molar-refractivity contribution >= 4 is 16.1 Å². The molecule has 1 rings (SSSR count). The predicted octanol–water partition coefficient (Wildman–Crippen LogP) is 2.06. The second-order valence-electron chi connectivity index (χ2n) is 3.89. The van der Waals surface area contributed by atoms with Crippen molar-refractivity contribution in [3.05, 3.63) is 29.3 Å². The molecule has 1 atom stereocenters. The fourth-order valence-corrected chi connectivity index (χ4v) is 2.32. The molecule has 0 spiro atoms. The van der Waals surface area contributed by atoms with Crippen molar-refractivity contribution in [2.75, 3.05) is 6.26 Å². The second kappa shape index (κ2) is 4.91. The lowest BCUT2D eigenvalue weighted by molar-refractivity contribution is -0.108. The van der Waals surface area contributed by atoms with Crippen LogP contribution in [0.25, 0.3) is 0 Å². The molecule has 0 bridgehead atoms. The largest absolute Gasteiger partial charge is 0.303 e. The molecule has 0 saturated heterocycles. The molecule has 3 nitrogen and oxygen atoms in total. The third kappa shape index (κ3) is 3.09. The summed E-state index contributed by atoms with van der Waals surface area (Å²) in [5.41, 5.74) is 0.263. The smallest absolute Gasteiger partial charge is 0.181 e. The van der Waals surface area contributed by atoms with Crippen molar-refractivity contribution in [1.29, 1.82) is 0 Å². The average Bonchev–Trinajstić information content (AvgIpc) is 2.14. The fourth-order valence-electron chi connectivity index (χ4n) is 1.50. The lowest BCUT2D eigenvalue weighted by Crippen LogP contribution is -2.07. The number of halogens is 2. The SMILES string of the molecule is CC(CC=O)c1cc(F)c(S(C)(=O)=O)c(F)c1. The molecule has 0 aliphatic rings. The van der Waals surface area contributed by atoms with E-state index in [1.807, 2.05) is 0 Å². The zero-order valence-electron chi connectivity index (χ0n) is 9.41. The summed E-state index contributed by atoms with van der Waals surface area (Å²) in [6.07, 6.45) is 1.51. The normalized spacial score (nSPS) is 13.4. The average molecular weight is 262 g/mol. The molecule has 0 aliphatic carbocycles.